The van der Waals surface area contributed by atoms with Crippen LogP contribution in [0.2, 0.25) is 0 Å². The van der Waals surface area contributed by atoms with Gasteiger partial charge < -0.3 is 5.11 Å². The summed E-state index contributed by atoms with van der Waals surface area (Å²) in [5.74, 6) is 2.30. The zero-order valence-corrected chi connectivity index (χ0v) is 12.6. The SMILES string of the molecule is CC(C)(C)C1CCC(C(O)CC2CCCC2)CC1. The van der Waals surface area contributed by atoms with Crippen molar-refractivity contribution in [3.05, 3.63) is 0 Å². The summed E-state index contributed by atoms with van der Waals surface area (Å²) < 4.78 is 0. The number of rotatable bonds is 3. The van der Waals surface area contributed by atoms with Crippen LogP contribution in [0.1, 0.15) is 78.6 Å². The zero-order chi connectivity index (χ0) is 13.2. The first kappa shape index (κ1) is 14.4. The third-order valence-corrected chi connectivity index (χ3v) is 5.59. The fraction of sp³-hybridized carbons (Fsp3) is 1.00. The molecule has 0 radical (unpaired) electrons. The van der Waals surface area contributed by atoms with E-state index in [0.29, 0.717) is 11.3 Å². The van der Waals surface area contributed by atoms with Crippen LogP contribution in [0.25, 0.3) is 0 Å². The highest BCUT2D eigenvalue weighted by molar-refractivity contribution is 4.84. The number of aliphatic hydroxyl groups excluding tert-OH is 1. The van der Waals surface area contributed by atoms with Crippen molar-refractivity contribution in [1.82, 2.24) is 0 Å². The third-order valence-electron chi connectivity index (χ3n) is 5.59. The maximum atomic E-state index is 10.4. The molecule has 0 heterocycles. The van der Waals surface area contributed by atoms with E-state index < -0.39 is 0 Å². The van der Waals surface area contributed by atoms with Gasteiger partial charge in [-0.3, -0.25) is 0 Å². The highest BCUT2D eigenvalue weighted by Gasteiger charge is 2.33. The smallest absolute Gasteiger partial charge is 0.0571 e. The van der Waals surface area contributed by atoms with Gasteiger partial charge in [0, 0.05) is 0 Å². The van der Waals surface area contributed by atoms with Gasteiger partial charge >= 0.3 is 0 Å². The Morgan fingerprint density at radius 1 is 0.944 bits per heavy atom. The van der Waals surface area contributed by atoms with Crippen LogP contribution in [0.5, 0.6) is 0 Å². The minimum Gasteiger partial charge on any atom is -0.393 e. The van der Waals surface area contributed by atoms with E-state index in [2.05, 4.69) is 20.8 Å². The van der Waals surface area contributed by atoms with Gasteiger partial charge in [-0.2, -0.15) is 0 Å². The fourth-order valence-electron chi connectivity index (χ4n) is 4.15. The lowest BCUT2D eigenvalue weighted by Gasteiger charge is -2.38. The average Bonchev–Trinajstić information content (AvgIpc) is 2.81. The van der Waals surface area contributed by atoms with Crippen LogP contribution >= 0.6 is 0 Å². The molecule has 2 rings (SSSR count). The van der Waals surface area contributed by atoms with Crippen molar-refractivity contribution in [2.75, 3.05) is 0 Å². The molecule has 1 nitrogen and oxygen atoms in total. The van der Waals surface area contributed by atoms with Gasteiger partial charge in [0.15, 0.2) is 0 Å². The summed E-state index contributed by atoms with van der Waals surface area (Å²) in [6.45, 7) is 7.10. The molecule has 106 valence electrons. The standard InChI is InChI=1S/C17H32O/c1-17(2,3)15-10-8-14(9-11-15)16(18)12-13-6-4-5-7-13/h13-16,18H,4-12H2,1-3H3. The van der Waals surface area contributed by atoms with Crippen molar-refractivity contribution in [1.29, 1.82) is 0 Å². The van der Waals surface area contributed by atoms with E-state index in [0.717, 1.165) is 18.3 Å². The Hall–Kier alpha value is -0.0400. The van der Waals surface area contributed by atoms with Crippen LogP contribution in [-0.2, 0) is 0 Å². The minimum absolute atomic E-state index is 0.00554. The molecule has 2 aliphatic carbocycles. The molecule has 1 N–H and O–H groups in total. The lowest BCUT2D eigenvalue weighted by atomic mass is 9.68. The Morgan fingerprint density at radius 3 is 2.00 bits per heavy atom. The first-order chi connectivity index (χ1) is 8.47. The van der Waals surface area contributed by atoms with Gasteiger partial charge in [0.1, 0.15) is 0 Å². The van der Waals surface area contributed by atoms with Gasteiger partial charge in [0.25, 0.3) is 0 Å². The minimum atomic E-state index is -0.00554. The van der Waals surface area contributed by atoms with Crippen molar-refractivity contribution in [2.24, 2.45) is 23.2 Å². The molecule has 2 saturated carbocycles. The molecule has 0 aromatic carbocycles. The maximum absolute atomic E-state index is 10.4. The summed E-state index contributed by atoms with van der Waals surface area (Å²) in [5, 5.41) is 10.4. The molecule has 0 aromatic heterocycles. The Bertz CT molecular complexity index is 239. The predicted molar refractivity (Wildman–Crippen MR) is 77.5 cm³/mol. The summed E-state index contributed by atoms with van der Waals surface area (Å²) >= 11 is 0. The lowest BCUT2D eigenvalue weighted by molar-refractivity contribution is 0.0381. The summed E-state index contributed by atoms with van der Waals surface area (Å²) in [4.78, 5) is 0. The summed E-state index contributed by atoms with van der Waals surface area (Å²) in [5.41, 5.74) is 0.460. The largest absolute Gasteiger partial charge is 0.393 e. The number of hydrogen-bond acceptors (Lipinski definition) is 1. The normalized spacial score (nSPS) is 32.7. The van der Waals surface area contributed by atoms with Gasteiger partial charge in [-0.05, 0) is 55.3 Å². The molecule has 0 saturated heterocycles. The van der Waals surface area contributed by atoms with Crippen LogP contribution in [0.15, 0.2) is 0 Å². The zero-order valence-electron chi connectivity index (χ0n) is 12.6. The van der Waals surface area contributed by atoms with E-state index in [-0.39, 0.29) is 6.10 Å². The Morgan fingerprint density at radius 2 is 1.50 bits per heavy atom. The Balaban J connectivity index is 1.74. The molecular formula is C17H32O. The van der Waals surface area contributed by atoms with Gasteiger partial charge in [-0.1, -0.05) is 46.5 Å². The fourth-order valence-corrected chi connectivity index (χ4v) is 4.15. The summed E-state index contributed by atoms with van der Waals surface area (Å²) in [6.07, 6.45) is 11.8. The molecule has 1 atom stereocenters. The Kier molecular flexibility index (Phi) is 4.75. The highest BCUT2D eigenvalue weighted by atomic mass is 16.3. The molecule has 0 aliphatic heterocycles. The van der Waals surface area contributed by atoms with E-state index in [9.17, 15) is 5.11 Å². The second kappa shape index (κ2) is 5.94. The van der Waals surface area contributed by atoms with Crippen LogP contribution in [0.3, 0.4) is 0 Å². The van der Waals surface area contributed by atoms with E-state index in [1.807, 2.05) is 0 Å². The molecular weight excluding hydrogens is 220 g/mol. The summed E-state index contributed by atoms with van der Waals surface area (Å²) in [6, 6.07) is 0. The molecule has 0 bridgehead atoms. The molecule has 2 fully saturated rings. The van der Waals surface area contributed by atoms with E-state index >= 15 is 0 Å². The van der Waals surface area contributed by atoms with Gasteiger partial charge in [-0.15, -0.1) is 0 Å². The molecule has 1 heteroatoms. The van der Waals surface area contributed by atoms with Gasteiger partial charge in [-0.25, -0.2) is 0 Å². The molecule has 2 aliphatic rings. The van der Waals surface area contributed by atoms with E-state index in [1.54, 1.807) is 0 Å². The van der Waals surface area contributed by atoms with Crippen LogP contribution < -0.4 is 0 Å². The van der Waals surface area contributed by atoms with Crippen LogP contribution in [0, 0.1) is 23.2 Å². The molecule has 0 aromatic rings. The van der Waals surface area contributed by atoms with Crippen molar-refractivity contribution >= 4 is 0 Å². The average molecular weight is 252 g/mol. The van der Waals surface area contributed by atoms with E-state index in [1.165, 1.54) is 51.4 Å². The van der Waals surface area contributed by atoms with Crippen molar-refractivity contribution in [3.8, 4) is 0 Å². The van der Waals surface area contributed by atoms with Crippen LogP contribution in [0.4, 0.5) is 0 Å². The maximum Gasteiger partial charge on any atom is 0.0571 e. The van der Waals surface area contributed by atoms with E-state index in [4.69, 9.17) is 0 Å². The van der Waals surface area contributed by atoms with Crippen molar-refractivity contribution in [2.45, 2.75) is 84.7 Å². The number of hydrogen-bond donors (Lipinski definition) is 1. The Labute approximate surface area is 113 Å². The highest BCUT2D eigenvalue weighted by Crippen LogP contribution is 2.42. The third kappa shape index (κ3) is 3.73. The predicted octanol–water partition coefficient (Wildman–Crippen LogP) is 4.78. The van der Waals surface area contributed by atoms with Gasteiger partial charge in [0.2, 0.25) is 0 Å². The first-order valence-electron chi connectivity index (χ1n) is 8.15. The molecule has 18 heavy (non-hydrogen) atoms. The molecule has 1 unspecified atom stereocenters. The van der Waals surface area contributed by atoms with Gasteiger partial charge in [0.05, 0.1) is 6.10 Å². The lowest BCUT2D eigenvalue weighted by Crippen LogP contribution is -2.31. The van der Waals surface area contributed by atoms with Crippen molar-refractivity contribution in [3.63, 3.8) is 0 Å². The quantitative estimate of drug-likeness (QED) is 0.766. The monoisotopic (exact) mass is 252 g/mol. The summed E-state index contributed by atoms with van der Waals surface area (Å²) in [7, 11) is 0. The first-order valence-corrected chi connectivity index (χ1v) is 8.15. The second-order valence-corrected chi connectivity index (χ2v) is 7.93. The molecule has 0 amide bonds. The van der Waals surface area contributed by atoms with Crippen molar-refractivity contribution < 1.29 is 5.11 Å². The number of aliphatic hydroxyl groups is 1. The second-order valence-electron chi connectivity index (χ2n) is 7.93. The van der Waals surface area contributed by atoms with Crippen LogP contribution in [-0.4, -0.2) is 11.2 Å². The molecule has 0 spiro atoms. The topological polar surface area (TPSA) is 20.2 Å².